The molecule has 0 aromatic rings. The number of carbonyl (C=O) groups excluding carboxylic acids is 3. The number of nitrogens with zero attached hydrogens (tertiary/aromatic N) is 2. The fourth-order valence-electron chi connectivity index (χ4n) is 8.62. The van der Waals surface area contributed by atoms with Crippen molar-refractivity contribution in [3.63, 3.8) is 0 Å². The molecule has 5 N–H and O–H groups in total. The number of halogens is 1. The van der Waals surface area contributed by atoms with Gasteiger partial charge in [0.2, 0.25) is 11.6 Å². The Kier molecular flexibility index (Phi) is 24.9. The largest absolute Gasteiger partial charge is 1.00 e. The number of thioether (sulfide) groups is 1. The van der Waals surface area contributed by atoms with Gasteiger partial charge < -0.3 is 57.6 Å². The Morgan fingerprint density at radius 3 is 2.05 bits per heavy atom. The van der Waals surface area contributed by atoms with Gasteiger partial charge in [0.1, 0.15) is 0 Å². The maximum Gasteiger partial charge on any atom is 0.315 e. The molecule has 4 heterocycles. The molecule has 0 aliphatic carbocycles. The van der Waals surface area contributed by atoms with Gasteiger partial charge >= 0.3 is 6.03 Å². The van der Waals surface area contributed by atoms with Crippen molar-refractivity contribution in [3.8, 4) is 0 Å². The van der Waals surface area contributed by atoms with Crippen LogP contribution >= 0.6 is 11.8 Å². The van der Waals surface area contributed by atoms with E-state index >= 15 is 0 Å². The molecule has 0 saturated carbocycles. The van der Waals surface area contributed by atoms with Gasteiger partial charge in [-0.3, -0.25) is 14.2 Å². The molecule has 0 radical (unpaired) electrons. The summed E-state index contributed by atoms with van der Waals surface area (Å²) < 4.78 is 18.9. The van der Waals surface area contributed by atoms with E-state index in [2.05, 4.69) is 51.5 Å². The zero-order valence-corrected chi connectivity index (χ0v) is 38.4. The van der Waals surface area contributed by atoms with Crippen LogP contribution in [-0.4, -0.2) is 139 Å². The highest BCUT2D eigenvalue weighted by Gasteiger charge is 2.53. The van der Waals surface area contributed by atoms with Gasteiger partial charge in [0.15, 0.2) is 6.54 Å². The number of amidine groups is 1. The van der Waals surface area contributed by atoms with Crippen molar-refractivity contribution < 1.29 is 55.3 Å². The molecular weight excluding hydrogens is 824 g/mol. The molecule has 1 unspecified atom stereocenters. The van der Waals surface area contributed by atoms with Crippen molar-refractivity contribution in [2.75, 3.05) is 78.1 Å². The summed E-state index contributed by atoms with van der Waals surface area (Å²) in [4.78, 5) is 38.7. The molecule has 2 fully saturated rings. The number of fused-ring (bicyclic) bond motifs is 2. The Balaban J connectivity index is 0.00000900. The molecule has 0 aromatic heterocycles. The summed E-state index contributed by atoms with van der Waals surface area (Å²) in [7, 11) is 0. The average Bonchev–Trinajstić information content (AvgIpc) is 3.82. The summed E-state index contributed by atoms with van der Waals surface area (Å²) >= 11 is 1.90. The summed E-state index contributed by atoms with van der Waals surface area (Å²) in [6, 6.07) is 0.398. The minimum Gasteiger partial charge on any atom is -1.00 e. The number of unbranched alkanes of at least 4 members (excludes halogenated alkanes) is 12. The number of ether oxygens (including phenoxy) is 3. The van der Waals surface area contributed by atoms with E-state index in [0.717, 1.165) is 80.8 Å². The fourth-order valence-corrected chi connectivity index (χ4v) is 10.2. The van der Waals surface area contributed by atoms with E-state index in [-0.39, 0.29) is 53.5 Å². The second kappa shape index (κ2) is 28.6. The van der Waals surface area contributed by atoms with Crippen molar-refractivity contribution in [1.29, 1.82) is 0 Å². The smallest absolute Gasteiger partial charge is 0.315 e. The van der Waals surface area contributed by atoms with E-state index < -0.39 is 5.72 Å². The van der Waals surface area contributed by atoms with Gasteiger partial charge in [-0.2, -0.15) is 11.8 Å². The van der Waals surface area contributed by atoms with Gasteiger partial charge in [-0.15, -0.1) is 0 Å². The van der Waals surface area contributed by atoms with Crippen LogP contribution in [0, 0.1) is 0 Å². The Morgan fingerprint density at radius 1 is 0.828 bits per heavy atom. The number of amides is 4. The lowest BCUT2D eigenvalue weighted by Gasteiger charge is -2.34. The van der Waals surface area contributed by atoms with Crippen molar-refractivity contribution in [2.45, 2.75) is 159 Å². The fraction of sp³-hybridized carbons (Fsp3) is 0.860. The minimum absolute atomic E-state index is 0. The van der Waals surface area contributed by atoms with Gasteiger partial charge in [-0.25, -0.2) is 9.69 Å². The van der Waals surface area contributed by atoms with Gasteiger partial charge in [-0.05, 0) is 33.1 Å². The van der Waals surface area contributed by atoms with Crippen LogP contribution in [0.2, 0.25) is 0 Å². The standard InChI is InChI=1S/C43H76N6O7S.BrH/c1-4-5-6-7-8-9-10-11-12-13-14-17-21-43(53)35(3)34(2)41-48(24-18-25-49(41)43)32-39(51)45-23-27-55-29-31-56-30-28-54-26-22-44-38(50)20-16-15-19-37-40-36(33-57-37)46-42(52)47-40;/h36-37,40,53H,4-33H2,1-3H3,(H3-,44,45,46,47,50,51,52);1H/t36-,37-,40-,43?;/m0./s1. The molecule has 15 heteroatoms. The van der Waals surface area contributed by atoms with Crippen molar-refractivity contribution >= 4 is 35.4 Å². The van der Waals surface area contributed by atoms with E-state index in [1.807, 2.05) is 11.8 Å². The summed E-state index contributed by atoms with van der Waals surface area (Å²) in [5.41, 5.74) is 1.16. The Bertz CT molecular complexity index is 1310. The van der Waals surface area contributed by atoms with Gasteiger partial charge in [0.25, 0.3) is 11.7 Å². The Hall–Kier alpha value is -1.91. The number of nitrogens with one attached hydrogen (secondary N) is 4. The summed E-state index contributed by atoms with van der Waals surface area (Å²) in [6.45, 7) is 11.8. The van der Waals surface area contributed by atoms with Crippen LogP contribution in [0.15, 0.2) is 11.1 Å². The summed E-state index contributed by atoms with van der Waals surface area (Å²) in [5, 5.41) is 24.2. The molecule has 0 aromatic carbocycles. The highest BCUT2D eigenvalue weighted by molar-refractivity contribution is 8.00. The SMILES string of the molecule is CCCCCCCCCCCCCCC1(O)C(C)=C(C)C2=[N+](CC(=O)NCCOCCOCCOCCNC(=O)CCCC[C@@H]3SC[C@@H]4NC(=O)N[C@@H]43)CCCN21.[Br-]. The molecule has 4 aliphatic rings. The molecule has 4 amide bonds. The highest BCUT2D eigenvalue weighted by Crippen LogP contribution is 2.39. The number of urea groups is 1. The maximum absolute atomic E-state index is 12.9. The first-order chi connectivity index (χ1) is 27.7. The lowest BCUT2D eigenvalue weighted by atomic mass is 9.96. The predicted octanol–water partition coefficient (Wildman–Crippen LogP) is 2.24. The molecule has 0 spiro atoms. The van der Waals surface area contributed by atoms with E-state index in [4.69, 9.17) is 14.2 Å². The van der Waals surface area contributed by atoms with Gasteiger partial charge in [-0.1, -0.05) is 84.0 Å². The van der Waals surface area contributed by atoms with Crippen LogP contribution in [0.5, 0.6) is 0 Å². The Labute approximate surface area is 364 Å². The first-order valence-electron chi connectivity index (χ1n) is 22.5. The third-order valence-corrected chi connectivity index (χ3v) is 13.5. The van der Waals surface area contributed by atoms with E-state index in [1.54, 1.807) is 0 Å². The summed E-state index contributed by atoms with van der Waals surface area (Å²) in [5.74, 6) is 1.96. The zero-order chi connectivity index (χ0) is 40.7. The topological polar surface area (TPSA) is 154 Å². The first kappa shape index (κ1) is 50.4. The van der Waals surface area contributed by atoms with Crippen molar-refractivity contribution in [1.82, 2.24) is 26.2 Å². The van der Waals surface area contributed by atoms with Crippen LogP contribution in [0.3, 0.4) is 0 Å². The predicted molar refractivity (Wildman–Crippen MR) is 228 cm³/mol. The van der Waals surface area contributed by atoms with Crippen LogP contribution in [0.4, 0.5) is 4.79 Å². The van der Waals surface area contributed by atoms with E-state index in [9.17, 15) is 19.5 Å². The van der Waals surface area contributed by atoms with E-state index in [0.29, 0.717) is 64.4 Å². The molecule has 58 heavy (non-hydrogen) atoms. The summed E-state index contributed by atoms with van der Waals surface area (Å²) in [6.07, 6.45) is 20.5. The number of hydrogen-bond donors (Lipinski definition) is 5. The van der Waals surface area contributed by atoms with Crippen molar-refractivity contribution in [2.24, 2.45) is 0 Å². The molecule has 334 valence electrons. The highest BCUT2D eigenvalue weighted by atomic mass is 79.9. The van der Waals surface area contributed by atoms with Crippen molar-refractivity contribution in [3.05, 3.63) is 11.1 Å². The molecular formula is C43H77BrN6O7S. The van der Waals surface area contributed by atoms with Crippen LogP contribution in [-0.2, 0) is 23.8 Å². The quantitative estimate of drug-likeness (QED) is 0.0389. The second-order valence-electron chi connectivity index (χ2n) is 16.4. The van der Waals surface area contributed by atoms with Gasteiger partial charge in [0, 0.05) is 54.5 Å². The third kappa shape index (κ3) is 16.9. The molecule has 4 aliphatic heterocycles. The monoisotopic (exact) mass is 900 g/mol. The minimum atomic E-state index is -0.955. The first-order valence-corrected chi connectivity index (χ1v) is 23.5. The molecule has 4 atom stereocenters. The Morgan fingerprint density at radius 2 is 1.41 bits per heavy atom. The third-order valence-electron chi connectivity index (χ3n) is 12.0. The number of hydrogen-bond acceptors (Lipinski definition) is 9. The number of carbonyl (C=O) groups is 3. The lowest BCUT2D eigenvalue weighted by Crippen LogP contribution is -3.00. The molecule has 4 rings (SSSR count). The normalized spacial score (nSPS) is 22.4. The van der Waals surface area contributed by atoms with Gasteiger partial charge in [0.05, 0.1) is 64.8 Å². The maximum atomic E-state index is 12.9. The second-order valence-corrected chi connectivity index (χ2v) is 17.6. The number of aliphatic hydroxyl groups is 1. The number of rotatable bonds is 32. The molecule has 2 saturated heterocycles. The average molecular weight is 902 g/mol. The van der Waals surface area contributed by atoms with Crippen LogP contribution < -0.4 is 38.2 Å². The zero-order valence-electron chi connectivity index (χ0n) is 36.0. The lowest BCUT2D eigenvalue weighted by molar-refractivity contribution is -0.528. The van der Waals surface area contributed by atoms with E-state index in [1.165, 1.54) is 64.2 Å². The molecule has 13 nitrogen and oxygen atoms in total. The van der Waals surface area contributed by atoms with Crippen LogP contribution in [0.1, 0.15) is 136 Å². The molecule has 0 bridgehead atoms. The van der Waals surface area contributed by atoms with Crippen LogP contribution in [0.25, 0.3) is 0 Å².